The zero-order chi connectivity index (χ0) is 17.6. The first-order valence-corrected chi connectivity index (χ1v) is 8.81. The van der Waals surface area contributed by atoms with E-state index < -0.39 is 0 Å². The van der Waals surface area contributed by atoms with E-state index in [0.717, 1.165) is 11.3 Å². The average molecular weight is 355 g/mol. The van der Waals surface area contributed by atoms with E-state index in [-0.39, 0.29) is 18.0 Å². The fourth-order valence-electron chi connectivity index (χ4n) is 2.26. The van der Waals surface area contributed by atoms with Crippen LogP contribution < -0.4 is 10.9 Å². The third-order valence-corrected chi connectivity index (χ3v) is 4.22. The summed E-state index contributed by atoms with van der Waals surface area (Å²) in [6, 6.07) is 9.58. The van der Waals surface area contributed by atoms with Crippen LogP contribution in [0.5, 0.6) is 0 Å². The Morgan fingerprint density at radius 3 is 2.80 bits per heavy atom. The number of hydrogen-bond donors (Lipinski definition) is 1. The number of amides is 1. The minimum absolute atomic E-state index is 0.0972. The number of nitrogens with one attached hydrogen (secondary N) is 1. The Labute approximate surface area is 148 Å². The molecule has 0 fully saturated rings. The van der Waals surface area contributed by atoms with Gasteiger partial charge in [-0.2, -0.15) is 0 Å². The molecule has 3 rings (SSSR count). The van der Waals surface area contributed by atoms with E-state index in [2.05, 4.69) is 20.3 Å². The molecule has 0 aliphatic rings. The summed E-state index contributed by atoms with van der Waals surface area (Å²) in [7, 11) is 0. The van der Waals surface area contributed by atoms with Gasteiger partial charge in [0.1, 0.15) is 18.3 Å². The van der Waals surface area contributed by atoms with E-state index in [1.54, 1.807) is 0 Å². The molecule has 0 unspecified atom stereocenters. The van der Waals surface area contributed by atoms with Crippen LogP contribution in [-0.4, -0.2) is 31.2 Å². The largest absolute Gasteiger partial charge is 0.350 e. The van der Waals surface area contributed by atoms with Crippen LogP contribution in [0.1, 0.15) is 12.5 Å². The Kier molecular flexibility index (Phi) is 5.39. The summed E-state index contributed by atoms with van der Waals surface area (Å²) in [6.07, 6.45) is 2.81. The quantitative estimate of drug-likeness (QED) is 0.534. The lowest BCUT2D eigenvalue weighted by atomic mass is 10.2. The second-order valence-corrected chi connectivity index (χ2v) is 6.49. The normalized spacial score (nSPS) is 10.8. The van der Waals surface area contributed by atoms with Crippen molar-refractivity contribution in [2.24, 2.45) is 0 Å². The molecule has 0 aliphatic heterocycles. The van der Waals surface area contributed by atoms with Crippen LogP contribution in [0.25, 0.3) is 11.0 Å². The van der Waals surface area contributed by atoms with Crippen molar-refractivity contribution in [1.82, 2.24) is 24.8 Å². The van der Waals surface area contributed by atoms with Gasteiger partial charge in [0.25, 0.3) is 5.56 Å². The minimum Gasteiger partial charge on any atom is -0.350 e. The Bertz CT molecular complexity index is 943. The van der Waals surface area contributed by atoms with Gasteiger partial charge in [-0.1, -0.05) is 49.0 Å². The summed E-state index contributed by atoms with van der Waals surface area (Å²) < 4.78 is 1.26. The Balaban J connectivity index is 1.73. The van der Waals surface area contributed by atoms with Crippen LogP contribution in [0.2, 0.25) is 0 Å². The molecule has 0 spiro atoms. The molecule has 2 heterocycles. The second kappa shape index (κ2) is 7.89. The highest BCUT2D eigenvalue weighted by Crippen LogP contribution is 2.13. The molecule has 0 aliphatic carbocycles. The summed E-state index contributed by atoms with van der Waals surface area (Å²) in [5.74, 6) is 0.579. The van der Waals surface area contributed by atoms with Crippen molar-refractivity contribution in [3.05, 3.63) is 58.8 Å². The molecular weight excluding hydrogens is 338 g/mol. The fourth-order valence-corrected chi connectivity index (χ4v) is 2.79. The number of carbonyl (C=O) groups is 1. The van der Waals surface area contributed by atoms with Gasteiger partial charge in [0, 0.05) is 12.7 Å². The van der Waals surface area contributed by atoms with Gasteiger partial charge in [0.05, 0.1) is 0 Å². The predicted octanol–water partition coefficient (Wildman–Crippen LogP) is 1.61. The predicted molar refractivity (Wildman–Crippen MR) is 96.3 cm³/mol. The van der Waals surface area contributed by atoms with Gasteiger partial charge < -0.3 is 5.32 Å². The lowest BCUT2D eigenvalue weighted by Crippen LogP contribution is -2.32. The summed E-state index contributed by atoms with van der Waals surface area (Å²) in [6.45, 7) is 2.31. The molecule has 0 radical (unpaired) electrons. The van der Waals surface area contributed by atoms with Gasteiger partial charge in [-0.15, -0.1) is 0 Å². The maximum atomic E-state index is 12.5. The average Bonchev–Trinajstić information content (AvgIpc) is 2.63. The van der Waals surface area contributed by atoms with Crippen LogP contribution in [0.15, 0.2) is 52.8 Å². The number of hydrogen-bond acceptors (Lipinski definition) is 6. The van der Waals surface area contributed by atoms with Crippen LogP contribution >= 0.6 is 11.8 Å². The topological polar surface area (TPSA) is 89.8 Å². The van der Waals surface area contributed by atoms with Gasteiger partial charge >= 0.3 is 0 Å². The van der Waals surface area contributed by atoms with E-state index >= 15 is 0 Å². The first kappa shape index (κ1) is 17.1. The molecule has 25 heavy (non-hydrogen) atoms. The maximum absolute atomic E-state index is 12.5. The molecule has 0 atom stereocenters. The summed E-state index contributed by atoms with van der Waals surface area (Å²) >= 11 is 1.48. The van der Waals surface area contributed by atoms with Gasteiger partial charge in [-0.05, 0) is 11.3 Å². The third kappa shape index (κ3) is 4.21. The van der Waals surface area contributed by atoms with Gasteiger partial charge in [0.2, 0.25) is 5.91 Å². The van der Waals surface area contributed by atoms with Crippen molar-refractivity contribution in [2.45, 2.75) is 25.2 Å². The van der Waals surface area contributed by atoms with E-state index in [1.807, 2.05) is 37.3 Å². The van der Waals surface area contributed by atoms with E-state index in [1.165, 1.54) is 28.9 Å². The fraction of sp³-hybridized carbons (Fsp3) is 0.235. The molecule has 8 heteroatoms. The SMILES string of the molecule is CCSc1ncc2c(=O)n(CC(=O)NCc3ccccc3)cnc2n1. The molecule has 2 aromatic heterocycles. The standard InChI is InChI=1S/C17H17N5O2S/c1-2-25-17-19-9-13-15(21-17)20-11-22(16(13)24)10-14(23)18-8-12-6-4-3-5-7-12/h3-7,9,11H,2,8,10H2,1H3,(H,18,23). The summed E-state index contributed by atoms with van der Waals surface area (Å²) in [5.41, 5.74) is 1.01. The monoisotopic (exact) mass is 355 g/mol. The van der Waals surface area contributed by atoms with Crippen LogP contribution in [0.4, 0.5) is 0 Å². The Morgan fingerprint density at radius 1 is 1.24 bits per heavy atom. The molecule has 1 aromatic carbocycles. The number of carbonyl (C=O) groups excluding carboxylic acids is 1. The maximum Gasteiger partial charge on any atom is 0.264 e. The lowest BCUT2D eigenvalue weighted by molar-refractivity contribution is -0.121. The summed E-state index contributed by atoms with van der Waals surface area (Å²) in [5, 5.41) is 3.68. The van der Waals surface area contributed by atoms with E-state index in [9.17, 15) is 9.59 Å². The van der Waals surface area contributed by atoms with Crippen molar-refractivity contribution < 1.29 is 4.79 Å². The molecule has 128 valence electrons. The van der Waals surface area contributed by atoms with Crippen molar-refractivity contribution >= 4 is 28.7 Å². The minimum atomic E-state index is -0.326. The molecule has 3 aromatic rings. The molecular formula is C17H17N5O2S. The van der Waals surface area contributed by atoms with Crippen LogP contribution in [-0.2, 0) is 17.9 Å². The second-order valence-electron chi connectivity index (χ2n) is 5.26. The van der Waals surface area contributed by atoms with Crippen LogP contribution in [0, 0.1) is 0 Å². The van der Waals surface area contributed by atoms with Gasteiger partial charge in [-0.25, -0.2) is 15.0 Å². The number of rotatable bonds is 6. The van der Waals surface area contributed by atoms with E-state index in [4.69, 9.17) is 0 Å². The van der Waals surface area contributed by atoms with Crippen molar-refractivity contribution in [3.8, 4) is 0 Å². The van der Waals surface area contributed by atoms with Crippen LogP contribution in [0.3, 0.4) is 0 Å². The highest BCUT2D eigenvalue weighted by molar-refractivity contribution is 7.99. The highest BCUT2D eigenvalue weighted by Gasteiger charge is 2.10. The smallest absolute Gasteiger partial charge is 0.264 e. The molecule has 0 saturated carbocycles. The highest BCUT2D eigenvalue weighted by atomic mass is 32.2. The Morgan fingerprint density at radius 2 is 2.04 bits per heavy atom. The Hall–Kier alpha value is -2.74. The van der Waals surface area contributed by atoms with Crippen molar-refractivity contribution in [2.75, 3.05) is 5.75 Å². The number of thioether (sulfide) groups is 1. The zero-order valence-electron chi connectivity index (χ0n) is 13.7. The molecule has 1 amide bonds. The molecule has 1 N–H and O–H groups in total. The molecule has 0 saturated heterocycles. The first-order valence-electron chi connectivity index (χ1n) is 7.83. The van der Waals surface area contributed by atoms with Gasteiger partial charge in [-0.3, -0.25) is 14.2 Å². The number of nitrogens with zero attached hydrogens (tertiary/aromatic N) is 4. The number of benzene rings is 1. The third-order valence-electron chi connectivity index (χ3n) is 3.48. The molecule has 7 nitrogen and oxygen atoms in total. The first-order chi connectivity index (χ1) is 12.2. The number of aromatic nitrogens is 4. The van der Waals surface area contributed by atoms with E-state index in [0.29, 0.717) is 22.7 Å². The summed E-state index contributed by atoms with van der Waals surface area (Å²) in [4.78, 5) is 37.1. The van der Waals surface area contributed by atoms with Crippen molar-refractivity contribution in [1.29, 1.82) is 0 Å². The van der Waals surface area contributed by atoms with Crippen molar-refractivity contribution in [3.63, 3.8) is 0 Å². The lowest BCUT2D eigenvalue weighted by Gasteiger charge is -2.08. The zero-order valence-corrected chi connectivity index (χ0v) is 14.5. The van der Waals surface area contributed by atoms with Gasteiger partial charge in [0.15, 0.2) is 10.8 Å². The number of fused-ring (bicyclic) bond motifs is 1. The molecule has 0 bridgehead atoms.